The number of nitrogens with one attached hydrogen (secondary N) is 2. The molecule has 4 rings (SSSR count). The second-order valence-corrected chi connectivity index (χ2v) is 6.80. The molecule has 0 aliphatic rings. The molecule has 2 aromatic heterocycles. The smallest absolute Gasteiger partial charge is 0.273 e. The normalized spacial score (nSPS) is 12.2. The van der Waals surface area contributed by atoms with Crippen LogP contribution < -0.4 is 5.32 Å². The van der Waals surface area contributed by atoms with Gasteiger partial charge in [0.05, 0.1) is 0 Å². The van der Waals surface area contributed by atoms with E-state index in [1.807, 2.05) is 48.7 Å². The third kappa shape index (κ3) is 3.46. The highest BCUT2D eigenvalue weighted by molar-refractivity contribution is 6.31. The summed E-state index contributed by atoms with van der Waals surface area (Å²) in [6.45, 7) is 2.14. The number of hydrogen-bond donors (Lipinski definition) is 2. The Morgan fingerprint density at radius 2 is 1.96 bits per heavy atom. The topological polar surface area (TPSA) is 70.9 Å². The number of fused-ring (bicyclic) bond motifs is 1. The highest BCUT2D eigenvalue weighted by atomic mass is 35.5. The van der Waals surface area contributed by atoms with Gasteiger partial charge in [-0.3, -0.25) is 4.79 Å². The van der Waals surface area contributed by atoms with Crippen LogP contribution in [0.15, 0.2) is 65.3 Å². The zero-order valence-electron chi connectivity index (χ0n) is 14.7. The molecular weight excluding hydrogens is 362 g/mol. The van der Waals surface area contributed by atoms with E-state index >= 15 is 0 Å². The molecule has 0 fully saturated rings. The minimum atomic E-state index is -0.274. The predicted octanol–water partition coefficient (Wildman–Crippen LogP) is 4.68. The first-order chi connectivity index (χ1) is 13.1. The molecule has 2 N–H and O–H groups in total. The Balaban J connectivity index is 1.68. The van der Waals surface area contributed by atoms with Crippen molar-refractivity contribution in [2.24, 2.45) is 0 Å². The van der Waals surface area contributed by atoms with Crippen LogP contribution in [0.25, 0.3) is 10.9 Å². The lowest BCUT2D eigenvalue weighted by Gasteiger charge is -2.19. The van der Waals surface area contributed by atoms with Gasteiger partial charge < -0.3 is 14.8 Å². The van der Waals surface area contributed by atoms with Crippen LogP contribution in [-0.2, 0) is 0 Å². The standard InChI is InChI=1S/C21H18ClN3O2/c1-13-10-20(25-27-13)21(26)24-12-16(14-6-2-4-8-18(14)22)17-11-23-19-9-5-3-7-15(17)19/h2-11,16,23H,12H2,1H3,(H,24,26)/t16-/m1/s1. The van der Waals surface area contributed by atoms with E-state index in [-0.39, 0.29) is 17.5 Å². The molecule has 136 valence electrons. The van der Waals surface area contributed by atoms with Gasteiger partial charge in [0.1, 0.15) is 5.76 Å². The van der Waals surface area contributed by atoms with Crippen molar-refractivity contribution in [1.82, 2.24) is 15.5 Å². The SMILES string of the molecule is Cc1cc(C(=O)NC[C@H](c2ccccc2Cl)c2c[nH]c3ccccc23)no1. The Labute approximate surface area is 161 Å². The Morgan fingerprint density at radius 3 is 2.74 bits per heavy atom. The average molecular weight is 380 g/mol. The Hall–Kier alpha value is -3.05. The third-order valence-electron chi connectivity index (χ3n) is 4.60. The van der Waals surface area contributed by atoms with Gasteiger partial charge in [-0.2, -0.15) is 0 Å². The maximum Gasteiger partial charge on any atom is 0.273 e. The summed E-state index contributed by atoms with van der Waals surface area (Å²) in [6, 6.07) is 17.4. The first kappa shape index (κ1) is 17.4. The van der Waals surface area contributed by atoms with Crippen LogP contribution in [0.1, 0.15) is 33.3 Å². The number of aromatic amines is 1. The highest BCUT2D eigenvalue weighted by Crippen LogP contribution is 2.34. The largest absolute Gasteiger partial charge is 0.361 e. The highest BCUT2D eigenvalue weighted by Gasteiger charge is 2.22. The van der Waals surface area contributed by atoms with Crippen molar-refractivity contribution in [3.8, 4) is 0 Å². The minimum Gasteiger partial charge on any atom is -0.361 e. The number of carbonyl (C=O) groups excluding carboxylic acids is 1. The van der Waals surface area contributed by atoms with Crippen molar-refractivity contribution < 1.29 is 9.32 Å². The molecule has 0 spiro atoms. The van der Waals surface area contributed by atoms with Gasteiger partial charge in [-0.05, 0) is 30.2 Å². The van der Waals surface area contributed by atoms with Crippen LogP contribution in [0.2, 0.25) is 5.02 Å². The average Bonchev–Trinajstić information content (AvgIpc) is 3.30. The number of rotatable bonds is 5. The Kier molecular flexibility index (Phi) is 4.69. The molecular formula is C21H18ClN3O2. The number of H-pyrrole nitrogens is 1. The zero-order valence-corrected chi connectivity index (χ0v) is 15.5. The number of nitrogens with zero attached hydrogens (tertiary/aromatic N) is 1. The summed E-state index contributed by atoms with van der Waals surface area (Å²) >= 11 is 6.47. The van der Waals surface area contributed by atoms with Gasteiger partial charge in [0.2, 0.25) is 0 Å². The number of hydrogen-bond acceptors (Lipinski definition) is 3. The molecule has 4 aromatic rings. The number of halogens is 1. The summed E-state index contributed by atoms with van der Waals surface area (Å²) in [6.07, 6.45) is 1.98. The second-order valence-electron chi connectivity index (χ2n) is 6.40. The van der Waals surface area contributed by atoms with Crippen molar-refractivity contribution in [3.05, 3.63) is 88.4 Å². The van der Waals surface area contributed by atoms with Crippen LogP contribution in [0.3, 0.4) is 0 Å². The van der Waals surface area contributed by atoms with Crippen molar-refractivity contribution >= 4 is 28.4 Å². The van der Waals surface area contributed by atoms with E-state index in [0.717, 1.165) is 22.0 Å². The summed E-state index contributed by atoms with van der Waals surface area (Å²) in [5.74, 6) is 0.218. The van der Waals surface area contributed by atoms with Gasteiger partial charge in [0, 0.05) is 40.7 Å². The molecule has 2 heterocycles. The van der Waals surface area contributed by atoms with Crippen molar-refractivity contribution in [2.45, 2.75) is 12.8 Å². The lowest BCUT2D eigenvalue weighted by atomic mass is 9.90. The fourth-order valence-corrected chi connectivity index (χ4v) is 3.55. The van der Waals surface area contributed by atoms with E-state index in [9.17, 15) is 4.79 Å². The van der Waals surface area contributed by atoms with Gasteiger partial charge in [-0.1, -0.05) is 53.2 Å². The Morgan fingerprint density at radius 1 is 1.19 bits per heavy atom. The molecule has 0 radical (unpaired) electrons. The summed E-state index contributed by atoms with van der Waals surface area (Å²) < 4.78 is 4.99. The fourth-order valence-electron chi connectivity index (χ4n) is 3.29. The van der Waals surface area contributed by atoms with Gasteiger partial charge in [-0.15, -0.1) is 0 Å². The summed E-state index contributed by atoms with van der Waals surface area (Å²) in [5.41, 5.74) is 3.35. The lowest BCUT2D eigenvalue weighted by Crippen LogP contribution is -2.29. The number of aryl methyl sites for hydroxylation is 1. The number of para-hydroxylation sites is 1. The van der Waals surface area contributed by atoms with E-state index in [1.165, 1.54) is 0 Å². The molecule has 0 aliphatic heterocycles. The number of benzene rings is 2. The van der Waals surface area contributed by atoms with E-state index in [2.05, 4.69) is 21.5 Å². The number of aromatic nitrogens is 2. The van der Waals surface area contributed by atoms with Crippen LogP contribution in [0.5, 0.6) is 0 Å². The fraction of sp³-hybridized carbons (Fsp3) is 0.143. The maximum atomic E-state index is 12.4. The molecule has 6 heteroatoms. The number of amides is 1. The van der Waals surface area contributed by atoms with E-state index in [4.69, 9.17) is 16.1 Å². The van der Waals surface area contributed by atoms with Crippen molar-refractivity contribution in [3.63, 3.8) is 0 Å². The second kappa shape index (κ2) is 7.29. The minimum absolute atomic E-state index is 0.105. The van der Waals surface area contributed by atoms with Gasteiger partial charge in [0.15, 0.2) is 5.69 Å². The molecule has 0 unspecified atom stereocenters. The van der Waals surface area contributed by atoms with E-state index < -0.39 is 0 Å². The van der Waals surface area contributed by atoms with Gasteiger partial charge in [-0.25, -0.2) is 0 Å². The molecule has 1 amide bonds. The van der Waals surface area contributed by atoms with Gasteiger partial charge >= 0.3 is 0 Å². The van der Waals surface area contributed by atoms with Gasteiger partial charge in [0.25, 0.3) is 5.91 Å². The summed E-state index contributed by atoms with van der Waals surface area (Å²) in [4.78, 5) is 15.7. The van der Waals surface area contributed by atoms with Crippen LogP contribution in [0, 0.1) is 6.92 Å². The van der Waals surface area contributed by atoms with Crippen molar-refractivity contribution in [1.29, 1.82) is 0 Å². The molecule has 0 saturated heterocycles. The molecule has 0 saturated carbocycles. The van der Waals surface area contributed by atoms with Crippen LogP contribution >= 0.6 is 11.6 Å². The maximum absolute atomic E-state index is 12.4. The molecule has 0 bridgehead atoms. The van der Waals surface area contributed by atoms with Crippen LogP contribution in [0.4, 0.5) is 0 Å². The third-order valence-corrected chi connectivity index (χ3v) is 4.95. The monoisotopic (exact) mass is 379 g/mol. The molecule has 5 nitrogen and oxygen atoms in total. The van der Waals surface area contributed by atoms with Crippen LogP contribution in [-0.4, -0.2) is 22.6 Å². The first-order valence-corrected chi connectivity index (χ1v) is 9.03. The molecule has 2 aromatic carbocycles. The van der Waals surface area contributed by atoms with Crippen molar-refractivity contribution in [2.75, 3.05) is 6.54 Å². The van der Waals surface area contributed by atoms with E-state index in [1.54, 1.807) is 13.0 Å². The molecule has 0 aliphatic carbocycles. The lowest BCUT2D eigenvalue weighted by molar-refractivity contribution is 0.0943. The molecule has 1 atom stereocenters. The summed E-state index contributed by atoms with van der Waals surface area (Å²) in [5, 5.41) is 8.51. The number of carbonyl (C=O) groups is 1. The Bertz CT molecular complexity index is 1100. The molecule has 27 heavy (non-hydrogen) atoms. The predicted molar refractivity (Wildman–Crippen MR) is 105 cm³/mol. The van der Waals surface area contributed by atoms with E-state index in [0.29, 0.717) is 17.3 Å². The quantitative estimate of drug-likeness (QED) is 0.529. The first-order valence-electron chi connectivity index (χ1n) is 8.65. The summed E-state index contributed by atoms with van der Waals surface area (Å²) in [7, 11) is 0. The zero-order chi connectivity index (χ0) is 18.8.